The van der Waals surface area contributed by atoms with E-state index >= 15 is 0 Å². The molecule has 4 heteroatoms. The highest BCUT2D eigenvalue weighted by atomic mass is 16.5. The Balaban J connectivity index is 2.45. The summed E-state index contributed by atoms with van der Waals surface area (Å²) in [6.45, 7) is 3.58. The fourth-order valence-electron chi connectivity index (χ4n) is 1.44. The van der Waals surface area contributed by atoms with Crippen LogP contribution in [0.5, 0.6) is 0 Å². The molecule has 1 unspecified atom stereocenters. The summed E-state index contributed by atoms with van der Waals surface area (Å²) >= 11 is 0. The maximum Gasteiger partial charge on any atom is 0.0537 e. The molecule has 0 spiro atoms. The van der Waals surface area contributed by atoms with Crippen molar-refractivity contribution in [2.45, 2.75) is 19.4 Å². The first-order chi connectivity index (χ1) is 6.77. The van der Waals surface area contributed by atoms with Crippen molar-refractivity contribution >= 4 is 0 Å². The van der Waals surface area contributed by atoms with E-state index in [1.54, 1.807) is 0 Å². The Morgan fingerprint density at radius 2 is 2.43 bits per heavy atom. The standard InChI is InChI=1S/C10H19N3O/c1-4-14-6-5-10(11-2)9-7-12-13(3)8-9/h7-8,10-11H,4-6H2,1-3H3. The van der Waals surface area contributed by atoms with Crippen molar-refractivity contribution in [3.05, 3.63) is 18.0 Å². The molecule has 1 heterocycles. The van der Waals surface area contributed by atoms with Gasteiger partial charge in [-0.25, -0.2) is 0 Å². The van der Waals surface area contributed by atoms with E-state index in [1.807, 2.05) is 38.1 Å². The molecule has 0 aromatic carbocycles. The van der Waals surface area contributed by atoms with Crippen LogP contribution in [0.2, 0.25) is 0 Å². The maximum atomic E-state index is 5.33. The van der Waals surface area contributed by atoms with Gasteiger partial charge < -0.3 is 10.1 Å². The predicted octanol–water partition coefficient (Wildman–Crippen LogP) is 1.11. The number of rotatable bonds is 6. The Hall–Kier alpha value is -0.870. The lowest BCUT2D eigenvalue weighted by molar-refractivity contribution is 0.137. The van der Waals surface area contributed by atoms with Gasteiger partial charge in [-0.1, -0.05) is 0 Å². The second-order valence-electron chi connectivity index (χ2n) is 3.27. The van der Waals surface area contributed by atoms with Gasteiger partial charge in [-0.15, -0.1) is 0 Å². The highest BCUT2D eigenvalue weighted by Gasteiger charge is 2.10. The third kappa shape index (κ3) is 3.12. The summed E-state index contributed by atoms with van der Waals surface area (Å²) in [5.74, 6) is 0. The average molecular weight is 197 g/mol. The Bertz CT molecular complexity index is 260. The number of nitrogens with zero attached hydrogens (tertiary/aromatic N) is 2. The van der Waals surface area contributed by atoms with Crippen molar-refractivity contribution in [2.24, 2.45) is 7.05 Å². The van der Waals surface area contributed by atoms with Crippen molar-refractivity contribution in [3.8, 4) is 0 Å². The Morgan fingerprint density at radius 3 is 2.93 bits per heavy atom. The molecule has 1 aromatic heterocycles. The Labute approximate surface area is 85.3 Å². The molecular weight excluding hydrogens is 178 g/mol. The monoisotopic (exact) mass is 197 g/mol. The molecule has 1 N–H and O–H groups in total. The van der Waals surface area contributed by atoms with Crippen LogP contribution in [0.1, 0.15) is 24.9 Å². The van der Waals surface area contributed by atoms with E-state index in [9.17, 15) is 0 Å². The molecule has 1 aromatic rings. The summed E-state index contributed by atoms with van der Waals surface area (Å²) in [7, 11) is 3.89. The van der Waals surface area contributed by atoms with E-state index in [0.717, 1.165) is 19.6 Å². The molecule has 0 saturated carbocycles. The van der Waals surface area contributed by atoms with Gasteiger partial charge in [-0.3, -0.25) is 4.68 Å². The number of nitrogens with one attached hydrogen (secondary N) is 1. The van der Waals surface area contributed by atoms with Crippen LogP contribution in [0.4, 0.5) is 0 Å². The topological polar surface area (TPSA) is 39.1 Å². The van der Waals surface area contributed by atoms with Gasteiger partial charge in [0.25, 0.3) is 0 Å². The third-order valence-corrected chi connectivity index (χ3v) is 2.23. The van der Waals surface area contributed by atoms with Crippen LogP contribution in [0.15, 0.2) is 12.4 Å². The van der Waals surface area contributed by atoms with E-state index in [-0.39, 0.29) is 0 Å². The van der Waals surface area contributed by atoms with Crippen molar-refractivity contribution < 1.29 is 4.74 Å². The molecule has 0 bridgehead atoms. The van der Waals surface area contributed by atoms with Crippen LogP contribution in [0.3, 0.4) is 0 Å². The molecule has 0 aliphatic carbocycles. The minimum absolute atomic E-state index is 0.343. The van der Waals surface area contributed by atoms with Crippen LogP contribution in [0, 0.1) is 0 Å². The quantitative estimate of drug-likeness (QED) is 0.694. The molecule has 4 nitrogen and oxygen atoms in total. The zero-order valence-corrected chi connectivity index (χ0v) is 9.16. The van der Waals surface area contributed by atoms with Crippen molar-refractivity contribution in [1.82, 2.24) is 15.1 Å². The van der Waals surface area contributed by atoms with Crippen molar-refractivity contribution in [1.29, 1.82) is 0 Å². The molecule has 1 rings (SSSR count). The molecule has 14 heavy (non-hydrogen) atoms. The molecular formula is C10H19N3O. The summed E-state index contributed by atoms with van der Waals surface area (Å²) < 4.78 is 7.15. The second-order valence-corrected chi connectivity index (χ2v) is 3.27. The predicted molar refractivity (Wildman–Crippen MR) is 56.1 cm³/mol. The van der Waals surface area contributed by atoms with E-state index in [4.69, 9.17) is 4.74 Å². The van der Waals surface area contributed by atoms with Gasteiger partial charge in [0, 0.05) is 38.1 Å². The number of ether oxygens (including phenoxy) is 1. The normalized spacial score (nSPS) is 13.1. The van der Waals surface area contributed by atoms with Crippen LogP contribution in [-0.2, 0) is 11.8 Å². The summed E-state index contributed by atoms with van der Waals surface area (Å²) in [5, 5.41) is 7.41. The van der Waals surface area contributed by atoms with Gasteiger partial charge >= 0.3 is 0 Å². The summed E-state index contributed by atoms with van der Waals surface area (Å²) in [5.41, 5.74) is 1.22. The Kier molecular flexibility index (Phi) is 4.62. The van der Waals surface area contributed by atoms with Crippen LogP contribution in [0.25, 0.3) is 0 Å². The lowest BCUT2D eigenvalue weighted by atomic mass is 10.1. The zero-order chi connectivity index (χ0) is 10.4. The largest absolute Gasteiger partial charge is 0.382 e. The van der Waals surface area contributed by atoms with Gasteiger partial charge in [0.1, 0.15) is 0 Å². The zero-order valence-electron chi connectivity index (χ0n) is 9.16. The van der Waals surface area contributed by atoms with Gasteiger partial charge in [0.05, 0.1) is 6.20 Å². The van der Waals surface area contributed by atoms with E-state index < -0.39 is 0 Å². The molecule has 0 fully saturated rings. The van der Waals surface area contributed by atoms with Crippen molar-refractivity contribution in [3.63, 3.8) is 0 Å². The molecule has 80 valence electrons. The Morgan fingerprint density at radius 1 is 1.64 bits per heavy atom. The molecule has 0 aliphatic rings. The highest BCUT2D eigenvalue weighted by molar-refractivity contribution is 5.09. The maximum absolute atomic E-state index is 5.33. The minimum Gasteiger partial charge on any atom is -0.382 e. The van der Waals surface area contributed by atoms with Crippen LogP contribution >= 0.6 is 0 Å². The lowest BCUT2D eigenvalue weighted by Crippen LogP contribution is -2.17. The fourth-order valence-corrected chi connectivity index (χ4v) is 1.44. The van der Waals surface area contributed by atoms with E-state index in [1.165, 1.54) is 5.56 Å². The minimum atomic E-state index is 0.343. The third-order valence-electron chi connectivity index (χ3n) is 2.23. The molecule has 1 atom stereocenters. The first-order valence-corrected chi connectivity index (χ1v) is 5.01. The second kappa shape index (κ2) is 5.78. The molecule has 0 amide bonds. The van der Waals surface area contributed by atoms with Crippen LogP contribution in [-0.4, -0.2) is 30.0 Å². The lowest BCUT2D eigenvalue weighted by Gasteiger charge is -2.13. The fraction of sp³-hybridized carbons (Fsp3) is 0.700. The van der Waals surface area contributed by atoms with Gasteiger partial charge in [0.15, 0.2) is 0 Å². The smallest absolute Gasteiger partial charge is 0.0537 e. The summed E-state index contributed by atoms with van der Waals surface area (Å²) in [4.78, 5) is 0. The number of aryl methyl sites for hydroxylation is 1. The van der Waals surface area contributed by atoms with Gasteiger partial charge in [-0.05, 0) is 20.4 Å². The molecule has 0 radical (unpaired) electrons. The SMILES string of the molecule is CCOCCC(NC)c1cnn(C)c1. The van der Waals surface area contributed by atoms with Gasteiger partial charge in [-0.2, -0.15) is 5.10 Å². The summed E-state index contributed by atoms with van der Waals surface area (Å²) in [6.07, 6.45) is 4.91. The average Bonchev–Trinajstić information content (AvgIpc) is 2.60. The number of hydrogen-bond acceptors (Lipinski definition) is 3. The first kappa shape index (κ1) is 11.2. The van der Waals surface area contributed by atoms with Gasteiger partial charge in [0.2, 0.25) is 0 Å². The molecule has 0 saturated heterocycles. The number of aromatic nitrogens is 2. The molecule has 0 aliphatic heterocycles. The van der Waals surface area contributed by atoms with E-state index in [2.05, 4.69) is 10.4 Å². The van der Waals surface area contributed by atoms with Crippen LogP contribution < -0.4 is 5.32 Å². The number of hydrogen-bond donors (Lipinski definition) is 1. The van der Waals surface area contributed by atoms with Crippen molar-refractivity contribution in [2.75, 3.05) is 20.3 Å². The van der Waals surface area contributed by atoms with E-state index in [0.29, 0.717) is 6.04 Å². The first-order valence-electron chi connectivity index (χ1n) is 5.01. The summed E-state index contributed by atoms with van der Waals surface area (Å²) in [6, 6.07) is 0.343. The highest BCUT2D eigenvalue weighted by Crippen LogP contribution is 2.14.